The molecule has 3 rings (SSSR count). The molecule has 0 fully saturated rings. The smallest absolute Gasteiger partial charge is 0.252 e. The molecule has 7 nitrogen and oxygen atoms in total. The molecule has 1 aromatic carbocycles. The van der Waals surface area contributed by atoms with Crippen molar-refractivity contribution >= 4 is 22.8 Å². The van der Waals surface area contributed by atoms with Gasteiger partial charge in [-0.05, 0) is 46.2 Å². The van der Waals surface area contributed by atoms with Gasteiger partial charge in [-0.1, -0.05) is 24.3 Å². The average Bonchev–Trinajstić information content (AvgIpc) is 3.12. The second kappa shape index (κ2) is 8.43. The summed E-state index contributed by atoms with van der Waals surface area (Å²) >= 11 is 0. The number of amides is 2. The van der Waals surface area contributed by atoms with E-state index in [0.29, 0.717) is 28.8 Å². The fourth-order valence-corrected chi connectivity index (χ4v) is 3.25. The van der Waals surface area contributed by atoms with Crippen molar-refractivity contribution in [3.63, 3.8) is 0 Å². The van der Waals surface area contributed by atoms with E-state index < -0.39 is 6.04 Å². The van der Waals surface area contributed by atoms with E-state index in [1.54, 1.807) is 23.9 Å². The summed E-state index contributed by atoms with van der Waals surface area (Å²) in [5, 5.41) is 10.6. The maximum atomic E-state index is 13.1. The minimum absolute atomic E-state index is 0.0947. The van der Waals surface area contributed by atoms with E-state index in [9.17, 15) is 9.59 Å². The minimum atomic E-state index is -0.646. The number of carbonyl (C=O) groups excluding carboxylic acids is 2. The maximum Gasteiger partial charge on any atom is 0.252 e. The topological polar surface area (TPSA) is 88.9 Å². The molecule has 3 aromatic rings. The number of fused-ring (bicyclic) bond motifs is 1. The quantitative estimate of drug-likeness (QED) is 0.673. The number of likely N-dealkylation sites (N-methyl/N-ethyl adjacent to an activating group) is 1. The number of hydrogen-bond acceptors (Lipinski definition) is 4. The molecule has 0 aliphatic rings. The Kier molecular flexibility index (Phi) is 5.96. The number of aryl methyl sites for hydroxylation is 1. The number of rotatable bonds is 6. The van der Waals surface area contributed by atoms with E-state index in [-0.39, 0.29) is 17.9 Å². The molecule has 0 bridgehead atoms. The zero-order valence-corrected chi connectivity index (χ0v) is 17.5. The molecule has 152 valence electrons. The van der Waals surface area contributed by atoms with Crippen LogP contribution in [-0.4, -0.2) is 39.2 Å². The zero-order chi connectivity index (χ0) is 21.1. The summed E-state index contributed by atoms with van der Waals surface area (Å²) in [6.45, 7) is 10.1. The van der Waals surface area contributed by atoms with E-state index in [1.807, 2.05) is 52.0 Å². The summed E-state index contributed by atoms with van der Waals surface area (Å²) in [4.78, 5) is 29.9. The molecule has 0 radical (unpaired) electrons. The van der Waals surface area contributed by atoms with Crippen LogP contribution in [0.2, 0.25) is 0 Å². The van der Waals surface area contributed by atoms with Crippen LogP contribution in [0.5, 0.6) is 0 Å². The Hall–Kier alpha value is -3.22. The van der Waals surface area contributed by atoms with Crippen LogP contribution in [0.3, 0.4) is 0 Å². The Labute approximate surface area is 170 Å². The van der Waals surface area contributed by atoms with Crippen molar-refractivity contribution in [1.82, 2.24) is 25.4 Å². The van der Waals surface area contributed by atoms with Gasteiger partial charge in [-0.2, -0.15) is 5.10 Å². The number of nitrogens with zero attached hydrogens (tertiary/aromatic N) is 3. The van der Waals surface area contributed by atoms with Crippen LogP contribution in [-0.2, 0) is 4.79 Å². The lowest BCUT2D eigenvalue weighted by Gasteiger charge is -2.15. The van der Waals surface area contributed by atoms with E-state index in [2.05, 4.69) is 15.7 Å². The highest BCUT2D eigenvalue weighted by atomic mass is 16.2. The third kappa shape index (κ3) is 4.13. The molecule has 0 aliphatic carbocycles. The number of hydrogen-bond donors (Lipinski definition) is 2. The van der Waals surface area contributed by atoms with Crippen LogP contribution >= 0.6 is 0 Å². The first kappa shape index (κ1) is 20.5. The summed E-state index contributed by atoms with van der Waals surface area (Å²) in [6, 6.07) is 9.14. The van der Waals surface area contributed by atoms with Crippen molar-refractivity contribution in [1.29, 1.82) is 0 Å². The first-order chi connectivity index (χ1) is 13.8. The van der Waals surface area contributed by atoms with Gasteiger partial charge >= 0.3 is 0 Å². The third-order valence-corrected chi connectivity index (χ3v) is 4.81. The predicted octanol–water partition coefficient (Wildman–Crippen LogP) is 3.24. The molecular formula is C22H27N5O2. The Balaban J connectivity index is 2.11. The number of carbonyl (C=O) groups is 2. The van der Waals surface area contributed by atoms with Crippen LogP contribution in [0.4, 0.5) is 0 Å². The van der Waals surface area contributed by atoms with Gasteiger partial charge in [-0.3, -0.25) is 9.59 Å². The Bertz CT molecular complexity index is 1050. The molecule has 0 saturated heterocycles. The zero-order valence-electron chi connectivity index (χ0n) is 17.5. The molecular weight excluding hydrogens is 366 g/mol. The number of aromatic nitrogens is 3. The van der Waals surface area contributed by atoms with Crippen molar-refractivity contribution in [2.75, 3.05) is 6.54 Å². The SMILES string of the molecule is CCNC(=O)[C@@H](C)NC(=O)c1cc(-c2ccccc2C)nc2c1cnn2C(C)C. The largest absolute Gasteiger partial charge is 0.355 e. The van der Waals surface area contributed by atoms with Gasteiger partial charge in [0, 0.05) is 18.2 Å². The molecule has 0 aliphatic heterocycles. The number of benzene rings is 1. The molecule has 29 heavy (non-hydrogen) atoms. The first-order valence-electron chi connectivity index (χ1n) is 9.86. The monoisotopic (exact) mass is 393 g/mol. The van der Waals surface area contributed by atoms with Gasteiger partial charge in [0.1, 0.15) is 6.04 Å². The molecule has 2 heterocycles. The standard InChI is InChI=1S/C22H27N5O2/c1-6-23-21(28)15(5)25-22(29)17-11-19(16-10-8-7-9-14(16)4)26-20-18(17)12-24-27(20)13(2)3/h7-13,15H,6H2,1-5H3,(H,23,28)(H,25,29)/t15-/m1/s1. The number of pyridine rings is 1. The second-order valence-corrected chi connectivity index (χ2v) is 7.38. The van der Waals surface area contributed by atoms with Crippen molar-refractivity contribution in [2.24, 2.45) is 0 Å². The van der Waals surface area contributed by atoms with Crippen LogP contribution in [0.15, 0.2) is 36.5 Å². The molecule has 2 amide bonds. The fourth-order valence-electron chi connectivity index (χ4n) is 3.25. The lowest BCUT2D eigenvalue weighted by atomic mass is 10.0. The van der Waals surface area contributed by atoms with Crippen LogP contribution in [0, 0.1) is 6.92 Å². The lowest BCUT2D eigenvalue weighted by molar-refractivity contribution is -0.122. The summed E-state index contributed by atoms with van der Waals surface area (Å²) in [5.41, 5.74) is 3.83. The van der Waals surface area contributed by atoms with Gasteiger partial charge in [-0.25, -0.2) is 9.67 Å². The summed E-state index contributed by atoms with van der Waals surface area (Å²) in [6.07, 6.45) is 1.66. The van der Waals surface area contributed by atoms with Crippen molar-refractivity contribution in [3.05, 3.63) is 47.7 Å². The van der Waals surface area contributed by atoms with E-state index >= 15 is 0 Å². The van der Waals surface area contributed by atoms with E-state index in [1.165, 1.54) is 0 Å². The van der Waals surface area contributed by atoms with Crippen molar-refractivity contribution in [2.45, 2.75) is 46.7 Å². The van der Waals surface area contributed by atoms with Crippen LogP contribution in [0.25, 0.3) is 22.3 Å². The van der Waals surface area contributed by atoms with Gasteiger partial charge < -0.3 is 10.6 Å². The Morgan fingerprint density at radius 2 is 1.90 bits per heavy atom. The average molecular weight is 393 g/mol. The summed E-state index contributed by atoms with van der Waals surface area (Å²) in [7, 11) is 0. The lowest BCUT2D eigenvalue weighted by Crippen LogP contribution is -2.44. The molecule has 2 N–H and O–H groups in total. The Morgan fingerprint density at radius 3 is 2.55 bits per heavy atom. The van der Waals surface area contributed by atoms with Gasteiger partial charge in [0.05, 0.1) is 22.8 Å². The highest BCUT2D eigenvalue weighted by molar-refractivity contribution is 6.07. The van der Waals surface area contributed by atoms with Crippen LogP contribution < -0.4 is 10.6 Å². The molecule has 0 unspecified atom stereocenters. The third-order valence-electron chi connectivity index (χ3n) is 4.81. The molecule has 2 aromatic heterocycles. The number of nitrogens with one attached hydrogen (secondary N) is 2. The molecule has 0 spiro atoms. The summed E-state index contributed by atoms with van der Waals surface area (Å²) < 4.78 is 1.81. The highest BCUT2D eigenvalue weighted by Crippen LogP contribution is 2.28. The fraction of sp³-hybridized carbons (Fsp3) is 0.364. The minimum Gasteiger partial charge on any atom is -0.355 e. The molecule has 0 saturated carbocycles. The van der Waals surface area contributed by atoms with Crippen molar-refractivity contribution in [3.8, 4) is 11.3 Å². The van der Waals surface area contributed by atoms with Crippen molar-refractivity contribution < 1.29 is 9.59 Å². The van der Waals surface area contributed by atoms with Gasteiger partial charge in [0.25, 0.3) is 5.91 Å². The van der Waals surface area contributed by atoms with Crippen LogP contribution in [0.1, 0.15) is 49.7 Å². The van der Waals surface area contributed by atoms with Gasteiger partial charge in [0.2, 0.25) is 5.91 Å². The van der Waals surface area contributed by atoms with E-state index in [0.717, 1.165) is 11.1 Å². The first-order valence-corrected chi connectivity index (χ1v) is 9.86. The van der Waals surface area contributed by atoms with Gasteiger partial charge in [0.15, 0.2) is 5.65 Å². The Morgan fingerprint density at radius 1 is 1.17 bits per heavy atom. The normalized spacial score (nSPS) is 12.2. The molecule has 1 atom stereocenters. The molecule has 7 heteroatoms. The maximum absolute atomic E-state index is 13.1. The predicted molar refractivity (Wildman–Crippen MR) is 114 cm³/mol. The second-order valence-electron chi connectivity index (χ2n) is 7.38. The summed E-state index contributed by atoms with van der Waals surface area (Å²) in [5.74, 6) is -0.544. The van der Waals surface area contributed by atoms with E-state index in [4.69, 9.17) is 4.98 Å². The van der Waals surface area contributed by atoms with Gasteiger partial charge in [-0.15, -0.1) is 0 Å². The highest BCUT2D eigenvalue weighted by Gasteiger charge is 2.22.